The van der Waals surface area contributed by atoms with Crippen LogP contribution in [-0.4, -0.2) is 15.8 Å². The molecule has 17 heavy (non-hydrogen) atoms. The standard InChI is InChI=1S/C13H16ClN3/c1-17-6-5-13(16-17)9-12(15)8-10-3-2-4-11(14)7-10/h2-7,12H,8-9,15H2,1H3. The lowest BCUT2D eigenvalue weighted by Gasteiger charge is -2.10. The minimum absolute atomic E-state index is 0.0726. The molecule has 0 aliphatic heterocycles. The van der Waals surface area contributed by atoms with Gasteiger partial charge in [-0.05, 0) is 30.2 Å². The highest BCUT2D eigenvalue weighted by molar-refractivity contribution is 6.30. The van der Waals surface area contributed by atoms with Gasteiger partial charge in [-0.3, -0.25) is 4.68 Å². The molecule has 0 bridgehead atoms. The van der Waals surface area contributed by atoms with E-state index in [9.17, 15) is 0 Å². The van der Waals surface area contributed by atoms with Gasteiger partial charge in [0.05, 0.1) is 5.69 Å². The first-order chi connectivity index (χ1) is 8.13. The van der Waals surface area contributed by atoms with E-state index in [1.165, 1.54) is 5.56 Å². The van der Waals surface area contributed by atoms with Crippen molar-refractivity contribution in [2.24, 2.45) is 12.8 Å². The smallest absolute Gasteiger partial charge is 0.0640 e. The molecule has 0 saturated carbocycles. The maximum absolute atomic E-state index is 6.10. The van der Waals surface area contributed by atoms with Crippen LogP contribution in [0, 0.1) is 0 Å². The van der Waals surface area contributed by atoms with E-state index in [4.69, 9.17) is 17.3 Å². The molecule has 1 heterocycles. The monoisotopic (exact) mass is 249 g/mol. The Kier molecular flexibility index (Phi) is 3.82. The highest BCUT2D eigenvalue weighted by Gasteiger charge is 2.07. The fourth-order valence-corrected chi connectivity index (χ4v) is 2.09. The summed E-state index contributed by atoms with van der Waals surface area (Å²) in [5.74, 6) is 0. The van der Waals surface area contributed by atoms with Gasteiger partial charge in [-0.15, -0.1) is 0 Å². The number of benzene rings is 1. The molecule has 1 atom stereocenters. The number of nitrogens with two attached hydrogens (primary N) is 1. The minimum atomic E-state index is 0.0726. The largest absolute Gasteiger partial charge is 0.327 e. The van der Waals surface area contributed by atoms with E-state index in [1.807, 2.05) is 43.6 Å². The SMILES string of the molecule is Cn1ccc(CC(N)Cc2cccc(Cl)c2)n1. The number of aryl methyl sites for hydroxylation is 1. The van der Waals surface area contributed by atoms with Crippen LogP contribution in [0.2, 0.25) is 5.02 Å². The quantitative estimate of drug-likeness (QED) is 0.903. The average molecular weight is 250 g/mol. The van der Waals surface area contributed by atoms with E-state index in [1.54, 1.807) is 4.68 Å². The number of nitrogens with zero attached hydrogens (tertiary/aromatic N) is 2. The molecule has 2 rings (SSSR count). The maximum Gasteiger partial charge on any atom is 0.0640 e. The van der Waals surface area contributed by atoms with Crippen molar-refractivity contribution in [3.63, 3.8) is 0 Å². The highest BCUT2D eigenvalue weighted by Crippen LogP contribution is 2.13. The molecule has 0 fully saturated rings. The molecule has 3 nitrogen and oxygen atoms in total. The molecule has 1 aromatic heterocycles. The van der Waals surface area contributed by atoms with Crippen molar-refractivity contribution < 1.29 is 0 Å². The zero-order chi connectivity index (χ0) is 12.3. The molecule has 0 aliphatic carbocycles. The fourth-order valence-electron chi connectivity index (χ4n) is 1.88. The van der Waals surface area contributed by atoms with Gasteiger partial charge in [0.2, 0.25) is 0 Å². The van der Waals surface area contributed by atoms with Crippen LogP contribution in [0.4, 0.5) is 0 Å². The van der Waals surface area contributed by atoms with Crippen LogP contribution in [0.1, 0.15) is 11.3 Å². The molecule has 0 radical (unpaired) electrons. The van der Waals surface area contributed by atoms with Crippen molar-refractivity contribution in [1.29, 1.82) is 0 Å². The Labute approximate surface area is 106 Å². The molecular formula is C13H16ClN3. The molecule has 2 N–H and O–H groups in total. The van der Waals surface area contributed by atoms with E-state index < -0.39 is 0 Å². The first-order valence-corrected chi connectivity index (χ1v) is 6.00. The second-order valence-corrected chi connectivity index (χ2v) is 4.72. The van der Waals surface area contributed by atoms with Crippen molar-refractivity contribution in [3.05, 3.63) is 52.8 Å². The van der Waals surface area contributed by atoms with Gasteiger partial charge in [-0.2, -0.15) is 5.10 Å². The van der Waals surface area contributed by atoms with E-state index in [2.05, 4.69) is 5.10 Å². The molecule has 0 saturated heterocycles. The number of aromatic nitrogens is 2. The number of hydrogen-bond acceptors (Lipinski definition) is 2. The molecular weight excluding hydrogens is 234 g/mol. The fraction of sp³-hybridized carbons (Fsp3) is 0.308. The summed E-state index contributed by atoms with van der Waals surface area (Å²) in [6.07, 6.45) is 3.53. The molecule has 4 heteroatoms. The second-order valence-electron chi connectivity index (χ2n) is 4.28. The Hall–Kier alpha value is -1.32. The lowest BCUT2D eigenvalue weighted by atomic mass is 10.0. The van der Waals surface area contributed by atoms with Gasteiger partial charge in [-0.25, -0.2) is 0 Å². The number of hydrogen-bond donors (Lipinski definition) is 1. The Bertz CT molecular complexity index is 493. The van der Waals surface area contributed by atoms with Crippen molar-refractivity contribution in [1.82, 2.24) is 9.78 Å². The van der Waals surface area contributed by atoms with E-state index in [0.717, 1.165) is 23.6 Å². The Morgan fingerprint density at radius 1 is 1.35 bits per heavy atom. The van der Waals surface area contributed by atoms with Gasteiger partial charge < -0.3 is 5.73 Å². The summed E-state index contributed by atoms with van der Waals surface area (Å²) in [6.45, 7) is 0. The first kappa shape index (κ1) is 12.1. The lowest BCUT2D eigenvalue weighted by Crippen LogP contribution is -2.25. The Balaban J connectivity index is 1.95. The highest BCUT2D eigenvalue weighted by atomic mass is 35.5. The average Bonchev–Trinajstić information content (AvgIpc) is 2.63. The third-order valence-corrected chi connectivity index (χ3v) is 2.86. The summed E-state index contributed by atoms with van der Waals surface area (Å²) in [6, 6.07) is 9.89. The van der Waals surface area contributed by atoms with Gasteiger partial charge in [0.25, 0.3) is 0 Å². The predicted octanol–water partition coefficient (Wildman–Crippen LogP) is 2.19. The Morgan fingerprint density at radius 2 is 2.18 bits per heavy atom. The third kappa shape index (κ3) is 3.58. The molecule has 1 aromatic carbocycles. The van der Waals surface area contributed by atoms with Gasteiger partial charge in [0, 0.05) is 30.7 Å². The van der Waals surface area contributed by atoms with E-state index in [-0.39, 0.29) is 6.04 Å². The lowest BCUT2D eigenvalue weighted by molar-refractivity contribution is 0.638. The van der Waals surface area contributed by atoms with Crippen LogP contribution in [0.25, 0.3) is 0 Å². The summed E-state index contributed by atoms with van der Waals surface area (Å²) in [7, 11) is 1.91. The maximum atomic E-state index is 6.10. The summed E-state index contributed by atoms with van der Waals surface area (Å²) < 4.78 is 1.79. The minimum Gasteiger partial charge on any atom is -0.327 e. The molecule has 0 spiro atoms. The third-order valence-electron chi connectivity index (χ3n) is 2.63. The zero-order valence-electron chi connectivity index (χ0n) is 9.81. The van der Waals surface area contributed by atoms with Crippen molar-refractivity contribution in [2.45, 2.75) is 18.9 Å². The number of halogens is 1. The van der Waals surface area contributed by atoms with Crippen molar-refractivity contribution in [3.8, 4) is 0 Å². The van der Waals surface area contributed by atoms with E-state index >= 15 is 0 Å². The summed E-state index contributed by atoms with van der Waals surface area (Å²) in [5, 5.41) is 5.08. The molecule has 0 amide bonds. The zero-order valence-corrected chi connectivity index (χ0v) is 10.6. The second kappa shape index (κ2) is 5.34. The van der Waals surface area contributed by atoms with Crippen molar-refractivity contribution >= 4 is 11.6 Å². The van der Waals surface area contributed by atoms with Crippen LogP contribution in [0.3, 0.4) is 0 Å². The van der Waals surface area contributed by atoms with Gasteiger partial charge in [0.15, 0.2) is 0 Å². The topological polar surface area (TPSA) is 43.8 Å². The Morgan fingerprint density at radius 3 is 2.82 bits per heavy atom. The summed E-state index contributed by atoms with van der Waals surface area (Å²) in [4.78, 5) is 0. The van der Waals surface area contributed by atoms with Crippen LogP contribution in [0.15, 0.2) is 36.5 Å². The van der Waals surface area contributed by atoms with Crippen LogP contribution < -0.4 is 5.73 Å². The summed E-state index contributed by atoms with van der Waals surface area (Å²) >= 11 is 5.94. The predicted molar refractivity (Wildman–Crippen MR) is 70.0 cm³/mol. The van der Waals surface area contributed by atoms with Crippen molar-refractivity contribution in [2.75, 3.05) is 0 Å². The molecule has 0 aliphatic rings. The van der Waals surface area contributed by atoms with Gasteiger partial charge in [-0.1, -0.05) is 23.7 Å². The van der Waals surface area contributed by atoms with E-state index in [0.29, 0.717) is 0 Å². The molecule has 1 unspecified atom stereocenters. The molecule has 90 valence electrons. The van der Waals surface area contributed by atoms with Crippen LogP contribution in [0.5, 0.6) is 0 Å². The normalized spacial score (nSPS) is 12.6. The number of rotatable bonds is 4. The van der Waals surface area contributed by atoms with Crippen LogP contribution >= 0.6 is 11.6 Å². The first-order valence-electron chi connectivity index (χ1n) is 5.62. The summed E-state index contributed by atoms with van der Waals surface area (Å²) in [5.41, 5.74) is 8.30. The molecule has 2 aromatic rings. The van der Waals surface area contributed by atoms with Gasteiger partial charge >= 0.3 is 0 Å². The van der Waals surface area contributed by atoms with Gasteiger partial charge in [0.1, 0.15) is 0 Å². The van der Waals surface area contributed by atoms with Crippen LogP contribution in [-0.2, 0) is 19.9 Å².